The molecule has 0 saturated carbocycles. The van der Waals surface area contributed by atoms with E-state index in [1.54, 1.807) is 4.90 Å². The Labute approximate surface area is 204 Å². The van der Waals surface area contributed by atoms with Crippen LogP contribution in [0.2, 0.25) is 0 Å². The fourth-order valence-electron chi connectivity index (χ4n) is 4.54. The maximum Gasteiger partial charge on any atom is 0.266 e. The third-order valence-electron chi connectivity index (χ3n) is 6.34. The van der Waals surface area contributed by atoms with Crippen LogP contribution >= 0.6 is 24.0 Å². The second kappa shape index (κ2) is 9.65. The van der Waals surface area contributed by atoms with Crippen molar-refractivity contribution in [1.29, 1.82) is 0 Å². The standard InChI is InChI=1S/C27H27N3OS2/c1-19-9-8-12-21-17-22(25(28-24(19)21)29-14-6-3-7-15-29)18-23-26(31)30(27(32)33-23)16-13-20-10-4-2-5-11-20/h2,4-5,8-12,17-18H,3,6-7,13-16H2,1H3/b23-18-. The van der Waals surface area contributed by atoms with Crippen molar-refractivity contribution in [2.75, 3.05) is 24.5 Å². The molecular weight excluding hydrogens is 446 g/mol. The molecule has 2 aromatic carbocycles. The summed E-state index contributed by atoms with van der Waals surface area (Å²) in [6.07, 6.45) is 6.40. The molecule has 2 aliphatic rings. The Morgan fingerprint density at radius 3 is 2.64 bits per heavy atom. The number of nitrogens with zero attached hydrogens (tertiary/aromatic N) is 3. The van der Waals surface area contributed by atoms with Crippen LogP contribution in [-0.4, -0.2) is 39.7 Å². The Morgan fingerprint density at radius 1 is 1.06 bits per heavy atom. The lowest BCUT2D eigenvalue weighted by Gasteiger charge is -2.29. The molecule has 0 unspecified atom stereocenters. The Hall–Kier alpha value is -2.70. The van der Waals surface area contributed by atoms with Crippen LogP contribution in [-0.2, 0) is 11.2 Å². The molecule has 3 heterocycles. The highest BCUT2D eigenvalue weighted by atomic mass is 32.2. The third-order valence-corrected chi connectivity index (χ3v) is 7.72. The van der Waals surface area contributed by atoms with Crippen LogP contribution in [0, 0.1) is 6.92 Å². The van der Waals surface area contributed by atoms with E-state index in [-0.39, 0.29) is 5.91 Å². The SMILES string of the molecule is Cc1cccc2cc(/C=C3\SC(=S)N(CCc4ccccc4)C3=O)c(N3CCCCC3)nc12. The molecule has 3 aromatic rings. The van der Waals surface area contributed by atoms with Gasteiger partial charge in [-0.1, -0.05) is 72.5 Å². The molecule has 0 aliphatic carbocycles. The predicted molar refractivity (Wildman–Crippen MR) is 143 cm³/mol. The molecule has 2 saturated heterocycles. The number of carbonyl (C=O) groups excluding carboxylic acids is 1. The maximum atomic E-state index is 13.3. The molecular formula is C27H27N3OS2. The molecule has 2 fully saturated rings. The summed E-state index contributed by atoms with van der Waals surface area (Å²) >= 11 is 6.98. The zero-order chi connectivity index (χ0) is 22.8. The van der Waals surface area contributed by atoms with Gasteiger partial charge in [0.15, 0.2) is 0 Å². The Bertz CT molecular complexity index is 1230. The minimum absolute atomic E-state index is 0.00476. The second-order valence-corrected chi connectivity index (χ2v) is 10.3. The van der Waals surface area contributed by atoms with Gasteiger partial charge in [0, 0.05) is 30.6 Å². The Morgan fingerprint density at radius 2 is 1.85 bits per heavy atom. The molecule has 0 spiro atoms. The average molecular weight is 474 g/mol. The second-order valence-electron chi connectivity index (χ2n) is 8.66. The smallest absolute Gasteiger partial charge is 0.266 e. The number of carbonyl (C=O) groups is 1. The summed E-state index contributed by atoms with van der Waals surface area (Å²) in [6, 6.07) is 18.7. The first-order valence-electron chi connectivity index (χ1n) is 11.5. The molecule has 6 heteroatoms. The molecule has 2 aliphatic heterocycles. The number of hydrogen-bond acceptors (Lipinski definition) is 5. The largest absolute Gasteiger partial charge is 0.356 e. The van der Waals surface area contributed by atoms with Gasteiger partial charge in [0.05, 0.1) is 10.4 Å². The van der Waals surface area contributed by atoms with E-state index in [0.29, 0.717) is 15.8 Å². The number of rotatable bonds is 5. The summed E-state index contributed by atoms with van der Waals surface area (Å²) in [7, 11) is 0. The number of fused-ring (bicyclic) bond motifs is 1. The predicted octanol–water partition coefficient (Wildman–Crippen LogP) is 5.98. The lowest BCUT2D eigenvalue weighted by Crippen LogP contribution is -2.31. The van der Waals surface area contributed by atoms with Gasteiger partial charge in [-0.25, -0.2) is 4.98 Å². The molecule has 0 radical (unpaired) electrons. The van der Waals surface area contributed by atoms with Gasteiger partial charge in [-0.15, -0.1) is 0 Å². The Kier molecular flexibility index (Phi) is 6.47. The van der Waals surface area contributed by atoms with Crippen LogP contribution in [0.5, 0.6) is 0 Å². The van der Waals surface area contributed by atoms with Crippen molar-refractivity contribution in [1.82, 2.24) is 9.88 Å². The van der Waals surface area contributed by atoms with E-state index in [2.05, 4.69) is 48.2 Å². The summed E-state index contributed by atoms with van der Waals surface area (Å²) in [4.78, 5) is 23.1. The van der Waals surface area contributed by atoms with Crippen molar-refractivity contribution in [3.8, 4) is 0 Å². The van der Waals surface area contributed by atoms with Crippen LogP contribution in [0.15, 0.2) is 59.5 Å². The van der Waals surface area contributed by atoms with Gasteiger partial charge in [-0.3, -0.25) is 9.69 Å². The van der Waals surface area contributed by atoms with Crippen LogP contribution in [0.3, 0.4) is 0 Å². The number of para-hydroxylation sites is 1. The van der Waals surface area contributed by atoms with E-state index in [0.717, 1.165) is 41.8 Å². The van der Waals surface area contributed by atoms with Crippen molar-refractivity contribution in [2.45, 2.75) is 32.6 Å². The van der Waals surface area contributed by atoms with E-state index in [1.807, 2.05) is 24.3 Å². The normalized spacial score (nSPS) is 18.0. The molecule has 4 nitrogen and oxygen atoms in total. The number of pyridine rings is 1. The number of piperidine rings is 1. The highest BCUT2D eigenvalue weighted by Crippen LogP contribution is 2.36. The van der Waals surface area contributed by atoms with Crippen molar-refractivity contribution in [3.05, 3.63) is 76.2 Å². The molecule has 0 bridgehead atoms. The molecule has 1 aromatic heterocycles. The van der Waals surface area contributed by atoms with Crippen LogP contribution in [0.4, 0.5) is 5.82 Å². The first kappa shape index (κ1) is 22.1. The highest BCUT2D eigenvalue weighted by molar-refractivity contribution is 8.26. The molecule has 1 amide bonds. The summed E-state index contributed by atoms with van der Waals surface area (Å²) in [5.74, 6) is 0.973. The summed E-state index contributed by atoms with van der Waals surface area (Å²) in [5, 5.41) is 1.10. The van der Waals surface area contributed by atoms with Crippen LogP contribution in [0.25, 0.3) is 17.0 Å². The number of thiocarbonyl (C=S) groups is 1. The van der Waals surface area contributed by atoms with Crippen LogP contribution in [0.1, 0.15) is 36.0 Å². The third kappa shape index (κ3) is 4.68. The Balaban J connectivity index is 1.47. The number of benzene rings is 2. The minimum Gasteiger partial charge on any atom is -0.356 e. The maximum absolute atomic E-state index is 13.3. The van der Waals surface area contributed by atoms with Gasteiger partial charge in [0.1, 0.15) is 10.1 Å². The molecule has 0 atom stereocenters. The fourth-order valence-corrected chi connectivity index (χ4v) is 5.84. The van der Waals surface area contributed by atoms with Gasteiger partial charge in [-0.05, 0) is 55.9 Å². The van der Waals surface area contributed by atoms with Crippen molar-refractivity contribution in [2.24, 2.45) is 0 Å². The van der Waals surface area contributed by atoms with Crippen molar-refractivity contribution in [3.63, 3.8) is 0 Å². The van der Waals surface area contributed by atoms with E-state index in [4.69, 9.17) is 17.2 Å². The van der Waals surface area contributed by atoms with E-state index >= 15 is 0 Å². The number of hydrogen-bond donors (Lipinski definition) is 0. The molecule has 168 valence electrons. The molecule has 5 rings (SSSR count). The summed E-state index contributed by atoms with van der Waals surface area (Å²) in [5.41, 5.74) is 4.41. The van der Waals surface area contributed by atoms with Crippen molar-refractivity contribution >= 4 is 57.0 Å². The average Bonchev–Trinajstić information content (AvgIpc) is 3.11. The monoisotopic (exact) mass is 473 g/mol. The number of amides is 1. The van der Waals surface area contributed by atoms with Gasteiger partial charge < -0.3 is 4.90 Å². The van der Waals surface area contributed by atoms with E-state index in [9.17, 15) is 4.79 Å². The van der Waals surface area contributed by atoms with Gasteiger partial charge in [-0.2, -0.15) is 0 Å². The lowest BCUT2D eigenvalue weighted by atomic mass is 10.1. The van der Waals surface area contributed by atoms with Gasteiger partial charge in [0.25, 0.3) is 5.91 Å². The summed E-state index contributed by atoms with van der Waals surface area (Å²) < 4.78 is 0.631. The topological polar surface area (TPSA) is 36.4 Å². The number of thioether (sulfide) groups is 1. The fraction of sp³-hybridized carbons (Fsp3) is 0.296. The number of aromatic nitrogens is 1. The molecule has 0 N–H and O–H groups in total. The van der Waals surface area contributed by atoms with Crippen LogP contribution < -0.4 is 4.90 Å². The lowest BCUT2D eigenvalue weighted by molar-refractivity contribution is -0.122. The minimum atomic E-state index is -0.00476. The van der Waals surface area contributed by atoms with E-state index < -0.39 is 0 Å². The molecule has 33 heavy (non-hydrogen) atoms. The number of anilines is 1. The summed E-state index contributed by atoms with van der Waals surface area (Å²) in [6.45, 7) is 4.71. The zero-order valence-electron chi connectivity index (χ0n) is 18.8. The van der Waals surface area contributed by atoms with Gasteiger partial charge >= 0.3 is 0 Å². The van der Waals surface area contributed by atoms with E-state index in [1.165, 1.54) is 42.2 Å². The number of aryl methyl sites for hydroxylation is 1. The van der Waals surface area contributed by atoms with Gasteiger partial charge in [0.2, 0.25) is 0 Å². The first-order chi connectivity index (χ1) is 16.1. The van der Waals surface area contributed by atoms with Crippen molar-refractivity contribution < 1.29 is 4.79 Å². The first-order valence-corrected chi connectivity index (χ1v) is 12.8. The quantitative estimate of drug-likeness (QED) is 0.337. The highest BCUT2D eigenvalue weighted by Gasteiger charge is 2.32. The zero-order valence-corrected chi connectivity index (χ0v) is 20.4.